The molecule has 0 atom stereocenters. The first kappa shape index (κ1) is 14.8. The maximum Gasteiger partial charge on any atom is 0.307 e. The zero-order chi connectivity index (χ0) is 14.1. The van der Waals surface area contributed by atoms with Crippen LogP contribution in [0.25, 0.3) is 0 Å². The summed E-state index contributed by atoms with van der Waals surface area (Å²) in [7, 11) is 0. The molecule has 0 fully saturated rings. The number of benzene rings is 1. The second-order valence-corrected chi connectivity index (χ2v) is 4.49. The van der Waals surface area contributed by atoms with Gasteiger partial charge in [-0.25, -0.2) is 0 Å². The van der Waals surface area contributed by atoms with Crippen LogP contribution >= 0.6 is 23.2 Å². The Morgan fingerprint density at radius 2 is 1.83 bits per heavy atom. The van der Waals surface area contributed by atoms with E-state index in [-0.39, 0.29) is 15.6 Å². The van der Waals surface area contributed by atoms with Gasteiger partial charge in [0.15, 0.2) is 5.78 Å². The number of halogens is 4. The van der Waals surface area contributed by atoms with E-state index in [0.29, 0.717) is 6.92 Å². The quantitative estimate of drug-likeness (QED) is 0.364. The fraction of sp³-hybridized carbons (Fsp3) is 0.167. The Balaban J connectivity index is 3.09. The van der Waals surface area contributed by atoms with Crippen LogP contribution < -0.4 is 0 Å². The Hall–Kier alpha value is -1.26. The first-order valence-electron chi connectivity index (χ1n) is 4.76. The molecule has 1 aromatic carbocycles. The summed E-state index contributed by atoms with van der Waals surface area (Å²) >= 11 is 11.4. The molecule has 18 heavy (non-hydrogen) atoms. The van der Waals surface area contributed by atoms with Crippen molar-refractivity contribution in [3.05, 3.63) is 46.0 Å². The van der Waals surface area contributed by atoms with Gasteiger partial charge < -0.3 is 0 Å². The Morgan fingerprint density at radius 1 is 1.28 bits per heavy atom. The summed E-state index contributed by atoms with van der Waals surface area (Å²) < 4.78 is 25.6. The zero-order valence-corrected chi connectivity index (χ0v) is 10.8. The molecule has 0 saturated carbocycles. The van der Waals surface area contributed by atoms with E-state index < -0.39 is 23.1 Å². The Labute approximate surface area is 112 Å². The molecule has 6 heteroatoms. The summed E-state index contributed by atoms with van der Waals surface area (Å²) in [5.41, 5.74) is -0.907. The molecule has 0 unspecified atom stereocenters. The van der Waals surface area contributed by atoms with Crippen LogP contribution in [0.15, 0.2) is 30.4 Å². The van der Waals surface area contributed by atoms with Crippen molar-refractivity contribution >= 4 is 34.8 Å². The molecule has 0 saturated heterocycles. The van der Waals surface area contributed by atoms with Crippen LogP contribution in [0, 0.1) is 0 Å². The molecule has 1 rings (SSSR count). The van der Waals surface area contributed by atoms with Gasteiger partial charge >= 0.3 is 5.92 Å². The van der Waals surface area contributed by atoms with Crippen LogP contribution in [0.2, 0.25) is 10.0 Å². The van der Waals surface area contributed by atoms with E-state index in [4.69, 9.17) is 23.2 Å². The molecule has 0 aliphatic rings. The number of carbonyl (C=O) groups is 2. The summed E-state index contributed by atoms with van der Waals surface area (Å²) in [6.45, 7) is 3.49. The lowest BCUT2D eigenvalue weighted by Gasteiger charge is -2.11. The van der Waals surface area contributed by atoms with Gasteiger partial charge in [-0.2, -0.15) is 8.78 Å². The predicted octanol–water partition coefficient (Wildman–Crippen LogP) is 3.96. The normalized spacial score (nSPS) is 11.2. The van der Waals surface area contributed by atoms with Crippen LogP contribution in [0.1, 0.15) is 17.3 Å². The Bertz CT molecular complexity index is 533. The van der Waals surface area contributed by atoms with E-state index in [9.17, 15) is 18.4 Å². The number of allylic oxidation sites excluding steroid dienone is 1. The number of ketones is 2. The fourth-order valence-corrected chi connectivity index (χ4v) is 1.70. The van der Waals surface area contributed by atoms with Crippen molar-refractivity contribution in [3.8, 4) is 0 Å². The van der Waals surface area contributed by atoms with Crippen molar-refractivity contribution in [1.82, 2.24) is 0 Å². The fourth-order valence-electron chi connectivity index (χ4n) is 1.20. The van der Waals surface area contributed by atoms with Gasteiger partial charge in [0.25, 0.3) is 0 Å². The average molecular weight is 293 g/mol. The number of alkyl halides is 2. The average Bonchev–Trinajstić information content (AvgIpc) is 2.25. The van der Waals surface area contributed by atoms with Crippen molar-refractivity contribution in [3.63, 3.8) is 0 Å². The van der Waals surface area contributed by atoms with Crippen LogP contribution in [0.5, 0.6) is 0 Å². The maximum atomic E-state index is 12.8. The Kier molecular flexibility index (Phi) is 4.24. The minimum Gasteiger partial charge on any atom is -0.288 e. The summed E-state index contributed by atoms with van der Waals surface area (Å²) in [5, 5.41) is 0.259. The molecule has 1 aromatic rings. The first-order valence-corrected chi connectivity index (χ1v) is 5.51. The van der Waals surface area contributed by atoms with E-state index in [0.717, 1.165) is 0 Å². The number of hydrogen-bond donors (Lipinski definition) is 0. The number of Topliss-reactive ketones (excluding diaryl/α,β-unsaturated/α-hetero) is 2. The highest BCUT2D eigenvalue weighted by Crippen LogP contribution is 2.25. The van der Waals surface area contributed by atoms with Gasteiger partial charge in [-0.1, -0.05) is 29.8 Å². The number of rotatable bonds is 4. The molecular weight excluding hydrogens is 285 g/mol. The Morgan fingerprint density at radius 3 is 2.28 bits per heavy atom. The van der Waals surface area contributed by atoms with E-state index in [2.05, 4.69) is 6.58 Å². The van der Waals surface area contributed by atoms with E-state index >= 15 is 0 Å². The summed E-state index contributed by atoms with van der Waals surface area (Å²) in [4.78, 5) is 23.0. The van der Waals surface area contributed by atoms with Gasteiger partial charge in [0.1, 0.15) is 0 Å². The molecule has 0 radical (unpaired) electrons. The minimum atomic E-state index is -3.65. The third-order valence-corrected chi connectivity index (χ3v) is 2.67. The second-order valence-electron chi connectivity index (χ2n) is 3.65. The van der Waals surface area contributed by atoms with Crippen LogP contribution in [-0.2, 0) is 4.79 Å². The molecule has 0 amide bonds. The molecule has 0 aliphatic carbocycles. The van der Waals surface area contributed by atoms with Gasteiger partial charge in [0.05, 0.1) is 10.6 Å². The molecule has 0 N–H and O–H groups in total. The highest BCUT2D eigenvalue weighted by Gasteiger charge is 2.37. The zero-order valence-electron chi connectivity index (χ0n) is 9.27. The SMILES string of the molecule is C=C(C(=O)c1ccc(Cl)cc1Cl)C(=O)C(C)(F)F. The second kappa shape index (κ2) is 5.16. The highest BCUT2D eigenvalue weighted by atomic mass is 35.5. The van der Waals surface area contributed by atoms with Crippen molar-refractivity contribution in [2.75, 3.05) is 0 Å². The van der Waals surface area contributed by atoms with E-state index in [1.165, 1.54) is 18.2 Å². The van der Waals surface area contributed by atoms with E-state index in [1.54, 1.807) is 0 Å². The lowest BCUT2D eigenvalue weighted by molar-refractivity contribution is -0.135. The monoisotopic (exact) mass is 292 g/mol. The van der Waals surface area contributed by atoms with Gasteiger partial charge in [-0.15, -0.1) is 0 Å². The first-order chi connectivity index (χ1) is 8.14. The van der Waals surface area contributed by atoms with Crippen molar-refractivity contribution in [2.45, 2.75) is 12.8 Å². The smallest absolute Gasteiger partial charge is 0.288 e. The summed E-state index contributed by atoms with van der Waals surface area (Å²) in [5.74, 6) is -6.22. The molecule has 0 heterocycles. The molecular formula is C12H8Cl2F2O2. The van der Waals surface area contributed by atoms with Gasteiger partial charge in [-0.3, -0.25) is 9.59 Å². The van der Waals surface area contributed by atoms with Gasteiger partial charge in [-0.05, 0) is 18.2 Å². The topological polar surface area (TPSA) is 34.1 Å². The summed E-state index contributed by atoms with van der Waals surface area (Å²) in [6.07, 6.45) is 0. The van der Waals surface area contributed by atoms with Crippen molar-refractivity contribution < 1.29 is 18.4 Å². The minimum absolute atomic E-state index is 0.0270. The highest BCUT2D eigenvalue weighted by molar-refractivity contribution is 6.39. The van der Waals surface area contributed by atoms with Gasteiger partial charge in [0, 0.05) is 17.5 Å². The number of carbonyl (C=O) groups excluding carboxylic acids is 2. The molecule has 96 valence electrons. The van der Waals surface area contributed by atoms with Crippen LogP contribution in [-0.4, -0.2) is 17.5 Å². The molecule has 0 spiro atoms. The summed E-state index contributed by atoms with van der Waals surface area (Å²) in [6, 6.07) is 3.89. The van der Waals surface area contributed by atoms with Crippen molar-refractivity contribution in [1.29, 1.82) is 0 Å². The van der Waals surface area contributed by atoms with Gasteiger partial charge in [0.2, 0.25) is 5.78 Å². The maximum absolute atomic E-state index is 12.8. The molecule has 2 nitrogen and oxygen atoms in total. The predicted molar refractivity (Wildman–Crippen MR) is 65.6 cm³/mol. The third-order valence-electron chi connectivity index (χ3n) is 2.12. The van der Waals surface area contributed by atoms with Crippen LogP contribution in [0.4, 0.5) is 8.78 Å². The lowest BCUT2D eigenvalue weighted by atomic mass is 9.99. The number of hydrogen-bond acceptors (Lipinski definition) is 2. The molecule has 0 aromatic heterocycles. The van der Waals surface area contributed by atoms with E-state index in [1.807, 2.05) is 0 Å². The van der Waals surface area contributed by atoms with Crippen LogP contribution in [0.3, 0.4) is 0 Å². The molecule has 0 aliphatic heterocycles. The lowest BCUT2D eigenvalue weighted by Crippen LogP contribution is -2.29. The standard InChI is InChI=1S/C12H8Cl2F2O2/c1-6(11(18)12(2,15)16)10(17)8-4-3-7(13)5-9(8)14/h3-5H,1H2,2H3. The molecule has 0 bridgehead atoms. The van der Waals surface area contributed by atoms with Crippen molar-refractivity contribution in [2.24, 2.45) is 0 Å². The third kappa shape index (κ3) is 3.15. The largest absolute Gasteiger partial charge is 0.307 e.